The predicted molar refractivity (Wildman–Crippen MR) is 413 cm³/mol. The van der Waals surface area contributed by atoms with Gasteiger partial charge in [-0.2, -0.15) is 0 Å². The Morgan fingerprint density at radius 2 is 0.877 bits per heavy atom. The molecule has 596 valence electrons. The number of aromatic hydroxyl groups is 3. The van der Waals surface area contributed by atoms with E-state index in [4.69, 9.17) is 84.2 Å². The van der Waals surface area contributed by atoms with Crippen LogP contribution < -0.4 is 56.4 Å². The van der Waals surface area contributed by atoms with Crippen LogP contribution in [0.1, 0.15) is 81.9 Å². The summed E-state index contributed by atoms with van der Waals surface area (Å²) in [6.07, 6.45) is -3.01. The fourth-order valence-corrected chi connectivity index (χ4v) is 13.6. The minimum absolute atomic E-state index is 0.0283. The average Bonchev–Trinajstić information content (AvgIpc) is 1.65. The van der Waals surface area contributed by atoms with E-state index >= 15 is 0 Å². The number of cyclic esters (lactones) is 1. The topological polar surface area (TPSA) is 464 Å². The van der Waals surface area contributed by atoms with Gasteiger partial charge in [0.15, 0.2) is 23.0 Å². The quantitative estimate of drug-likeness (QED) is 0.0280. The van der Waals surface area contributed by atoms with Gasteiger partial charge in [0, 0.05) is 48.7 Å². The van der Waals surface area contributed by atoms with Crippen LogP contribution in [0.3, 0.4) is 0 Å². The van der Waals surface area contributed by atoms with Crippen LogP contribution in [0.2, 0.25) is 30.1 Å². The zero-order valence-electron chi connectivity index (χ0n) is 59.7. The van der Waals surface area contributed by atoms with E-state index in [-0.39, 0.29) is 108 Å². The molecular formula is C75H67Cl6N11O22. The van der Waals surface area contributed by atoms with Crippen molar-refractivity contribution in [3.05, 3.63) is 197 Å². The summed E-state index contributed by atoms with van der Waals surface area (Å²) < 4.78 is 11.0. The Labute approximate surface area is 676 Å². The van der Waals surface area contributed by atoms with Crippen LogP contribution in [0.25, 0.3) is 0 Å². The zero-order chi connectivity index (χ0) is 83.3. The number of rotatable bonds is 19. The standard InChI is InChI=1S/C31H28Cl2N4O8.C24H22Cl2N4O8.C20H17Cl2N3O6/c1-17(38)36-14-23(35-29(42)19-11-20(32)28(41)21(33)12-19)30(43)37(25-10-6-5-9-24(25)36)15-26(39)34-22-13-27(40)45-31(22)44-16-18-7-3-2-4-8-18;1-12(32)29-9-17(28-23(37)13-6-15(25)22(36)16(26)7-13)24(38)30(19-5-3-2-4-18(19)29)10-20(33)27-14(11-31)8-21(34)35;1-9(26)25-8-14(23-19(29)10-6-12(21)17(27)13(22)7-10)18(28)16(24-20(30)31)11-4-2-3-5-15(11)25/h2-12,22-23,31,41H,13-16H2,1H3,(H,34,39)(H,35,42);2-7,11,14,17,36H,8-10H2,1H3,(H,27,33)(H,28,37)(H,34,35);2-7,14,16,24,27H,8H2,1H3,(H,23,29)(H,30,31)/t22-,23?,31?;14-,17?;/m00./s1. The molecule has 1 saturated heterocycles. The molecule has 4 aliphatic rings. The van der Waals surface area contributed by atoms with Crippen LogP contribution in [0, 0.1) is 0 Å². The number of aldehydes is 1. The molecular weight excluding hydrogens is 1620 g/mol. The average molecular weight is 1690 g/mol. The van der Waals surface area contributed by atoms with Gasteiger partial charge in [0.1, 0.15) is 49.6 Å². The highest BCUT2D eigenvalue weighted by Crippen LogP contribution is 2.39. The lowest BCUT2D eigenvalue weighted by Crippen LogP contribution is -2.55. The Bertz CT molecular complexity index is 4950. The highest BCUT2D eigenvalue weighted by molar-refractivity contribution is 6.39. The summed E-state index contributed by atoms with van der Waals surface area (Å²) in [6.45, 7) is 2.12. The lowest BCUT2D eigenvalue weighted by atomic mass is 9.98. The number of esters is 1. The maximum absolute atomic E-state index is 14.0. The first-order valence-corrected chi connectivity index (χ1v) is 36.2. The third kappa shape index (κ3) is 21.0. The summed E-state index contributed by atoms with van der Waals surface area (Å²) in [6, 6.07) is 28.0. The van der Waals surface area contributed by atoms with Crippen molar-refractivity contribution in [2.45, 2.75) is 82.8 Å². The Balaban J connectivity index is 0.000000199. The van der Waals surface area contributed by atoms with Gasteiger partial charge in [0.05, 0.1) is 98.0 Å². The van der Waals surface area contributed by atoms with E-state index in [1.807, 2.05) is 30.3 Å². The number of para-hydroxylation sites is 5. The molecule has 0 saturated carbocycles. The number of Topliss-reactive ketones (excluding diaryl/α,β-unsaturated/α-hetero) is 1. The van der Waals surface area contributed by atoms with Crippen molar-refractivity contribution in [1.29, 1.82) is 0 Å². The number of phenolic OH excluding ortho intramolecular Hbond substituents is 3. The Morgan fingerprint density at radius 1 is 0.500 bits per heavy atom. The number of carbonyl (C=O) groups is 15. The van der Waals surface area contributed by atoms with E-state index < -0.39 is 162 Å². The molecule has 4 aliphatic heterocycles. The van der Waals surface area contributed by atoms with Gasteiger partial charge in [-0.15, -0.1) is 0 Å². The van der Waals surface area contributed by atoms with Crippen LogP contribution in [0.5, 0.6) is 17.2 Å². The van der Waals surface area contributed by atoms with Crippen molar-refractivity contribution in [2.75, 3.05) is 57.2 Å². The van der Waals surface area contributed by atoms with Crippen molar-refractivity contribution in [1.82, 2.24) is 31.9 Å². The molecule has 7 atom stereocenters. The zero-order valence-corrected chi connectivity index (χ0v) is 64.3. The van der Waals surface area contributed by atoms with Crippen molar-refractivity contribution < 1.29 is 107 Å². The fraction of sp³-hybridized carbons (Fsp3) is 0.240. The molecule has 11 amide bonds. The van der Waals surface area contributed by atoms with Crippen molar-refractivity contribution in [3.8, 4) is 17.2 Å². The summed E-state index contributed by atoms with van der Waals surface area (Å²) in [5, 5.41) is 61.1. The molecule has 4 heterocycles. The molecule has 0 spiro atoms. The number of benzene rings is 7. The highest BCUT2D eigenvalue weighted by atomic mass is 35.5. The summed E-state index contributed by atoms with van der Waals surface area (Å²) in [7, 11) is 0. The van der Waals surface area contributed by atoms with E-state index in [1.165, 1.54) is 71.9 Å². The summed E-state index contributed by atoms with van der Waals surface area (Å²) in [5.74, 6) is -10.2. The van der Waals surface area contributed by atoms with Crippen molar-refractivity contribution in [3.63, 3.8) is 0 Å². The second kappa shape index (κ2) is 37.9. The SMILES string of the molecule is CC(=O)N1CC(NC(=O)c2cc(Cl)c(O)c(Cl)c2)C(=O)C(NC(=O)O)c2ccccc21.CC(=O)N1CC(NC(=O)c2cc(Cl)c(O)c(Cl)c2)C(=O)N(CC(=O)N[C@H](C=O)CC(=O)O)c2ccccc21.CC(=O)N1CC(NC(=O)c2cc(Cl)c(O)c(Cl)c2)C(=O)N(CC(=O)N[C@H]2CC(=O)OC2OCc2ccccc2)c2ccccc21. The number of carboxylic acid groups (broad SMARTS) is 2. The maximum atomic E-state index is 14.0. The number of amides is 11. The number of aliphatic carboxylic acids is 1. The van der Waals surface area contributed by atoms with E-state index in [0.29, 0.717) is 11.4 Å². The maximum Gasteiger partial charge on any atom is 0.405 e. The molecule has 0 aromatic heterocycles. The van der Waals surface area contributed by atoms with Crippen LogP contribution in [0.4, 0.5) is 33.2 Å². The van der Waals surface area contributed by atoms with Gasteiger partial charge in [-0.25, -0.2) is 4.79 Å². The van der Waals surface area contributed by atoms with Gasteiger partial charge in [-0.1, -0.05) is 142 Å². The molecule has 0 radical (unpaired) electrons. The van der Waals surface area contributed by atoms with Crippen LogP contribution in [-0.4, -0.2) is 184 Å². The molecule has 5 unspecified atom stereocenters. The smallest absolute Gasteiger partial charge is 0.405 e. The number of nitrogens with zero attached hydrogens (tertiary/aromatic N) is 5. The number of halogens is 6. The molecule has 0 bridgehead atoms. The molecule has 114 heavy (non-hydrogen) atoms. The number of ketones is 1. The van der Waals surface area contributed by atoms with E-state index in [1.54, 1.807) is 60.7 Å². The molecule has 0 aliphatic carbocycles. The number of ether oxygens (including phenoxy) is 2. The minimum Gasteiger partial charge on any atom is -0.505 e. The normalized spacial score (nSPS) is 17.8. The van der Waals surface area contributed by atoms with Crippen LogP contribution >= 0.6 is 69.6 Å². The van der Waals surface area contributed by atoms with Crippen LogP contribution in [0.15, 0.2) is 140 Å². The number of hydrogen-bond acceptors (Lipinski definition) is 20. The van der Waals surface area contributed by atoms with Crippen molar-refractivity contribution in [2.24, 2.45) is 0 Å². The first-order valence-electron chi connectivity index (χ1n) is 33.9. The predicted octanol–water partition coefficient (Wildman–Crippen LogP) is 7.27. The molecule has 11 rings (SSSR count). The lowest BCUT2D eigenvalue weighted by Gasteiger charge is -2.26. The van der Waals surface area contributed by atoms with E-state index in [0.717, 1.165) is 27.5 Å². The number of nitrogens with one attached hydrogen (secondary N) is 6. The number of anilines is 5. The molecule has 7 aromatic rings. The second-order valence-corrected chi connectivity index (χ2v) is 27.9. The van der Waals surface area contributed by atoms with Gasteiger partial charge in [0.2, 0.25) is 35.8 Å². The van der Waals surface area contributed by atoms with E-state index in [2.05, 4.69) is 31.9 Å². The first kappa shape index (κ1) is 85.9. The number of carbonyl (C=O) groups excluding carboxylic acids is 13. The number of fused-ring (bicyclic) bond motifs is 3. The molecule has 7 aromatic carbocycles. The largest absolute Gasteiger partial charge is 0.505 e. The number of hydrogen-bond donors (Lipinski definition) is 11. The number of phenols is 3. The van der Waals surface area contributed by atoms with Crippen molar-refractivity contribution >= 4 is 187 Å². The monoisotopic (exact) mass is 1680 g/mol. The van der Waals surface area contributed by atoms with Crippen LogP contribution in [-0.2, 0) is 68.8 Å². The molecule has 33 nitrogen and oxygen atoms in total. The fourth-order valence-electron chi connectivity index (χ4n) is 12.2. The van der Waals surface area contributed by atoms with Gasteiger partial charge in [0.25, 0.3) is 29.5 Å². The highest BCUT2D eigenvalue weighted by Gasteiger charge is 2.43. The molecule has 11 N–H and O–H groups in total. The third-order valence-electron chi connectivity index (χ3n) is 17.6. The van der Waals surface area contributed by atoms with Gasteiger partial charge < -0.3 is 86.4 Å². The Kier molecular flexibility index (Phi) is 28.6. The number of carboxylic acids is 1. The summed E-state index contributed by atoms with van der Waals surface area (Å²) in [5.41, 5.74) is 2.42. The van der Waals surface area contributed by atoms with Gasteiger partial charge in [-0.05, 0) is 72.3 Å². The first-order chi connectivity index (χ1) is 54.0. The second-order valence-electron chi connectivity index (χ2n) is 25.4. The minimum atomic E-state index is -1.44. The summed E-state index contributed by atoms with van der Waals surface area (Å²) in [4.78, 5) is 195. The molecule has 39 heteroatoms. The van der Waals surface area contributed by atoms with E-state index in [9.17, 15) is 92.3 Å². The van der Waals surface area contributed by atoms with Gasteiger partial charge in [-0.3, -0.25) is 72.1 Å². The Morgan fingerprint density at radius 3 is 1.29 bits per heavy atom. The summed E-state index contributed by atoms with van der Waals surface area (Å²) >= 11 is 35.5. The molecule has 1 fully saturated rings. The lowest BCUT2D eigenvalue weighted by molar-refractivity contribution is -0.168. The third-order valence-corrected chi connectivity index (χ3v) is 19.3. The Hall–Kier alpha value is -12.1. The van der Waals surface area contributed by atoms with Gasteiger partial charge >= 0.3 is 18.0 Å².